The maximum atomic E-state index is 10.6. The second-order valence-electron chi connectivity index (χ2n) is 3.69. The van der Waals surface area contributed by atoms with Gasteiger partial charge in [-0.25, -0.2) is 9.78 Å². The quantitative estimate of drug-likeness (QED) is 0.856. The number of rotatable bonds is 3. The molecule has 0 bridgehead atoms. The van der Waals surface area contributed by atoms with E-state index >= 15 is 0 Å². The van der Waals surface area contributed by atoms with Crippen molar-refractivity contribution >= 4 is 17.7 Å². The van der Waals surface area contributed by atoms with Crippen LogP contribution in [0.1, 0.15) is 29.2 Å². The number of oxazole rings is 1. The molecule has 0 spiro atoms. The van der Waals surface area contributed by atoms with Gasteiger partial charge in [-0.2, -0.15) is 11.8 Å². The van der Waals surface area contributed by atoms with E-state index in [1.54, 1.807) is 0 Å². The average Bonchev–Trinajstić information content (AvgIpc) is 2.68. The van der Waals surface area contributed by atoms with Crippen molar-refractivity contribution < 1.29 is 14.3 Å². The highest BCUT2D eigenvalue weighted by Gasteiger charge is 2.18. The van der Waals surface area contributed by atoms with Crippen LogP contribution in [-0.4, -0.2) is 27.6 Å². The van der Waals surface area contributed by atoms with Crippen molar-refractivity contribution in [2.75, 3.05) is 11.5 Å². The third kappa shape index (κ3) is 2.75. The molecule has 1 aromatic heterocycles. The normalized spacial score (nSPS) is 17.9. The monoisotopic (exact) mass is 227 g/mol. The molecule has 0 aromatic carbocycles. The van der Waals surface area contributed by atoms with Gasteiger partial charge < -0.3 is 9.52 Å². The van der Waals surface area contributed by atoms with Gasteiger partial charge in [0.2, 0.25) is 0 Å². The second-order valence-corrected chi connectivity index (χ2v) is 4.92. The Bertz CT molecular complexity index is 344. The first-order valence-corrected chi connectivity index (χ1v) is 6.16. The molecular weight excluding hydrogens is 214 g/mol. The fourth-order valence-electron chi connectivity index (χ4n) is 1.70. The summed E-state index contributed by atoms with van der Waals surface area (Å²) in [6, 6.07) is 0. The zero-order valence-corrected chi connectivity index (χ0v) is 9.13. The maximum Gasteiger partial charge on any atom is 0.357 e. The van der Waals surface area contributed by atoms with Crippen molar-refractivity contribution in [3.63, 3.8) is 0 Å². The number of nitrogens with zero attached hydrogens (tertiary/aromatic N) is 1. The molecule has 1 aliphatic rings. The summed E-state index contributed by atoms with van der Waals surface area (Å²) in [5.74, 6) is 2.52. The van der Waals surface area contributed by atoms with Gasteiger partial charge in [0.05, 0.1) is 0 Å². The smallest absolute Gasteiger partial charge is 0.357 e. The summed E-state index contributed by atoms with van der Waals surface area (Å²) < 4.78 is 5.13. The molecular formula is C10H13NO3S. The van der Waals surface area contributed by atoms with Crippen LogP contribution in [0.3, 0.4) is 0 Å². The zero-order chi connectivity index (χ0) is 10.7. The Morgan fingerprint density at radius 1 is 1.60 bits per heavy atom. The summed E-state index contributed by atoms with van der Waals surface area (Å²) in [7, 11) is 0. The van der Waals surface area contributed by atoms with E-state index in [2.05, 4.69) is 4.98 Å². The highest BCUT2D eigenvalue weighted by Crippen LogP contribution is 2.25. The fraction of sp³-hybridized carbons (Fsp3) is 0.600. The second kappa shape index (κ2) is 4.70. The Kier molecular flexibility index (Phi) is 3.30. The van der Waals surface area contributed by atoms with Crippen molar-refractivity contribution in [3.8, 4) is 0 Å². The van der Waals surface area contributed by atoms with Crippen molar-refractivity contribution in [1.29, 1.82) is 0 Å². The highest BCUT2D eigenvalue weighted by molar-refractivity contribution is 7.99. The lowest BCUT2D eigenvalue weighted by molar-refractivity contribution is 0.0690. The molecule has 15 heavy (non-hydrogen) atoms. The summed E-state index contributed by atoms with van der Waals surface area (Å²) in [6.45, 7) is 0. The molecule has 0 atom stereocenters. The van der Waals surface area contributed by atoms with E-state index in [0.29, 0.717) is 11.8 Å². The first kappa shape index (κ1) is 10.5. The van der Waals surface area contributed by atoms with Crippen molar-refractivity contribution in [1.82, 2.24) is 4.98 Å². The molecule has 82 valence electrons. The Morgan fingerprint density at radius 2 is 2.33 bits per heavy atom. The summed E-state index contributed by atoms with van der Waals surface area (Å²) in [5.41, 5.74) is 0.00943. The number of thioether (sulfide) groups is 1. The van der Waals surface area contributed by atoms with Gasteiger partial charge in [0, 0.05) is 6.42 Å². The van der Waals surface area contributed by atoms with Crippen LogP contribution in [0.5, 0.6) is 0 Å². The Balaban J connectivity index is 1.94. The number of carboxylic acids is 1. The molecule has 0 radical (unpaired) electrons. The van der Waals surface area contributed by atoms with Crippen LogP contribution in [-0.2, 0) is 6.42 Å². The van der Waals surface area contributed by atoms with Crippen LogP contribution in [0.2, 0.25) is 0 Å². The summed E-state index contributed by atoms with van der Waals surface area (Å²) in [5, 5.41) is 8.68. The predicted molar refractivity (Wildman–Crippen MR) is 57.2 cm³/mol. The number of carbonyl (C=O) groups is 1. The van der Waals surface area contributed by atoms with E-state index in [0.717, 1.165) is 6.42 Å². The molecule has 1 aromatic rings. The van der Waals surface area contributed by atoms with Crippen LogP contribution in [0.4, 0.5) is 0 Å². The van der Waals surface area contributed by atoms with E-state index in [9.17, 15) is 4.79 Å². The van der Waals surface area contributed by atoms with Crippen molar-refractivity contribution in [2.24, 2.45) is 5.92 Å². The first-order chi connectivity index (χ1) is 7.25. The van der Waals surface area contributed by atoms with Crippen LogP contribution >= 0.6 is 11.8 Å². The van der Waals surface area contributed by atoms with Gasteiger partial charge in [0.25, 0.3) is 0 Å². The topological polar surface area (TPSA) is 63.3 Å². The Hall–Kier alpha value is -0.970. The van der Waals surface area contributed by atoms with Gasteiger partial charge in [-0.3, -0.25) is 0 Å². The van der Waals surface area contributed by atoms with E-state index in [-0.39, 0.29) is 5.69 Å². The number of hydrogen-bond acceptors (Lipinski definition) is 4. The molecule has 0 aliphatic carbocycles. The van der Waals surface area contributed by atoms with Gasteiger partial charge in [0.15, 0.2) is 11.6 Å². The van der Waals surface area contributed by atoms with E-state index in [1.807, 2.05) is 11.8 Å². The largest absolute Gasteiger partial charge is 0.476 e. The molecule has 1 aliphatic heterocycles. The average molecular weight is 227 g/mol. The lowest BCUT2D eigenvalue weighted by Crippen LogP contribution is -2.12. The molecule has 5 heteroatoms. The number of hydrogen-bond donors (Lipinski definition) is 1. The number of carboxylic acid groups (broad SMARTS) is 1. The van der Waals surface area contributed by atoms with Crippen LogP contribution in [0.15, 0.2) is 10.7 Å². The molecule has 1 N–H and O–H groups in total. The highest BCUT2D eigenvalue weighted by atomic mass is 32.2. The van der Waals surface area contributed by atoms with Crippen LogP contribution in [0, 0.1) is 5.92 Å². The third-order valence-electron chi connectivity index (χ3n) is 2.58. The minimum Gasteiger partial charge on any atom is -0.476 e. The fourth-order valence-corrected chi connectivity index (χ4v) is 2.90. The number of aromatic carboxylic acids is 1. The Morgan fingerprint density at radius 3 is 2.93 bits per heavy atom. The summed E-state index contributed by atoms with van der Waals surface area (Å²) >= 11 is 1.97. The molecule has 0 amide bonds. The SMILES string of the molecule is O=C(O)c1coc(CC2CCSCC2)n1. The van der Waals surface area contributed by atoms with Crippen LogP contribution in [0.25, 0.3) is 0 Å². The van der Waals surface area contributed by atoms with Gasteiger partial charge in [-0.15, -0.1) is 0 Å². The first-order valence-electron chi connectivity index (χ1n) is 5.01. The molecule has 0 saturated carbocycles. The lowest BCUT2D eigenvalue weighted by Gasteiger charge is -2.19. The van der Waals surface area contributed by atoms with Crippen molar-refractivity contribution in [2.45, 2.75) is 19.3 Å². The molecule has 4 nitrogen and oxygen atoms in total. The molecule has 0 unspecified atom stereocenters. The van der Waals surface area contributed by atoms with E-state index in [1.165, 1.54) is 30.6 Å². The Labute approximate surface area is 92.1 Å². The standard InChI is InChI=1S/C10H13NO3S/c12-10(13)8-6-14-9(11-8)5-7-1-3-15-4-2-7/h6-7H,1-5H2,(H,12,13). The van der Waals surface area contributed by atoms with Crippen molar-refractivity contribution in [3.05, 3.63) is 17.8 Å². The van der Waals surface area contributed by atoms with Gasteiger partial charge in [0.1, 0.15) is 6.26 Å². The third-order valence-corrected chi connectivity index (χ3v) is 3.62. The number of aromatic nitrogens is 1. The van der Waals surface area contributed by atoms with Gasteiger partial charge in [-0.1, -0.05) is 0 Å². The van der Waals surface area contributed by atoms with E-state index in [4.69, 9.17) is 9.52 Å². The minimum absolute atomic E-state index is 0.00943. The van der Waals surface area contributed by atoms with Gasteiger partial charge >= 0.3 is 5.97 Å². The molecule has 2 heterocycles. The van der Waals surface area contributed by atoms with Gasteiger partial charge in [-0.05, 0) is 30.3 Å². The minimum atomic E-state index is -1.02. The molecule has 1 saturated heterocycles. The predicted octanol–water partition coefficient (Wildman–Crippen LogP) is 2.06. The summed E-state index contributed by atoms with van der Waals surface area (Å²) in [4.78, 5) is 14.5. The van der Waals surface area contributed by atoms with E-state index < -0.39 is 5.97 Å². The van der Waals surface area contributed by atoms with Crippen LogP contribution < -0.4 is 0 Å². The summed E-state index contributed by atoms with van der Waals surface area (Å²) in [6.07, 6.45) is 4.34. The molecule has 1 fully saturated rings. The lowest BCUT2D eigenvalue weighted by atomic mass is 9.99. The molecule has 2 rings (SSSR count). The zero-order valence-electron chi connectivity index (χ0n) is 8.31. The maximum absolute atomic E-state index is 10.6.